The van der Waals surface area contributed by atoms with E-state index in [4.69, 9.17) is 14.7 Å². The number of nitrogens with one attached hydrogen (secondary N) is 2. The van der Waals surface area contributed by atoms with Crippen molar-refractivity contribution in [2.75, 3.05) is 26.2 Å². The van der Waals surface area contributed by atoms with Gasteiger partial charge in [0, 0.05) is 30.1 Å². The Labute approximate surface area is 216 Å². The zero-order valence-corrected chi connectivity index (χ0v) is 20.8. The first kappa shape index (κ1) is 22.1. The van der Waals surface area contributed by atoms with Crippen molar-refractivity contribution in [3.05, 3.63) is 59.8 Å². The van der Waals surface area contributed by atoms with E-state index in [1.54, 1.807) is 29.9 Å². The average molecular weight is 509 g/mol. The lowest BCUT2D eigenvalue weighted by molar-refractivity contribution is 0.237. The lowest BCUT2D eigenvalue weighted by Crippen LogP contribution is -2.25. The Morgan fingerprint density at radius 3 is 2.73 bits per heavy atom. The molecule has 1 fully saturated rings. The number of ether oxygens (including phenoxy) is 1. The number of likely N-dealkylation sites (tertiary alicyclic amines) is 1. The highest BCUT2D eigenvalue weighted by atomic mass is 32.1. The van der Waals surface area contributed by atoms with Crippen LogP contribution in [-0.4, -0.2) is 66.3 Å². The van der Waals surface area contributed by atoms with Gasteiger partial charge in [-0.05, 0) is 66.5 Å². The fourth-order valence-corrected chi connectivity index (χ4v) is 5.49. The summed E-state index contributed by atoms with van der Waals surface area (Å²) in [6.07, 6.45) is 9.76. The molecule has 6 aromatic rings. The maximum atomic E-state index is 6.00. The lowest BCUT2D eigenvalue weighted by atomic mass is 10.1. The second kappa shape index (κ2) is 9.38. The Morgan fingerprint density at radius 2 is 1.84 bits per heavy atom. The van der Waals surface area contributed by atoms with Gasteiger partial charge in [-0.1, -0.05) is 0 Å². The van der Waals surface area contributed by atoms with Gasteiger partial charge < -0.3 is 9.72 Å². The molecule has 0 bridgehead atoms. The molecule has 1 saturated heterocycles. The fraction of sp³-hybridized carbons (Fsp3) is 0.222. The number of aromatic nitrogens is 7. The van der Waals surface area contributed by atoms with E-state index in [1.807, 2.05) is 24.4 Å². The van der Waals surface area contributed by atoms with E-state index in [0.29, 0.717) is 18.1 Å². The van der Waals surface area contributed by atoms with Crippen molar-refractivity contribution in [3.8, 4) is 39.7 Å². The summed E-state index contributed by atoms with van der Waals surface area (Å²) in [5.74, 6) is 1.39. The summed E-state index contributed by atoms with van der Waals surface area (Å²) < 4.78 is 6.00. The Kier molecular flexibility index (Phi) is 5.60. The molecule has 7 rings (SSSR count). The highest BCUT2D eigenvalue weighted by Crippen LogP contribution is 2.32. The summed E-state index contributed by atoms with van der Waals surface area (Å²) in [4.78, 5) is 24.4. The van der Waals surface area contributed by atoms with Crippen molar-refractivity contribution < 1.29 is 4.74 Å². The van der Waals surface area contributed by atoms with Crippen LogP contribution in [0.2, 0.25) is 0 Å². The molecule has 0 saturated carbocycles. The molecule has 184 valence electrons. The SMILES string of the molecule is c1cc(-c2cncc3[nH]c(-c4n[nH]c5ccc(-c6cncc(OCCN7CCCC7)c6)nc45)nc23)cs1. The van der Waals surface area contributed by atoms with Crippen LogP contribution in [0.15, 0.2) is 59.8 Å². The van der Waals surface area contributed by atoms with Gasteiger partial charge in [-0.3, -0.25) is 20.0 Å². The minimum Gasteiger partial charge on any atom is -0.491 e. The van der Waals surface area contributed by atoms with E-state index < -0.39 is 0 Å². The number of hydrogen-bond acceptors (Lipinski definition) is 8. The Balaban J connectivity index is 1.20. The van der Waals surface area contributed by atoms with E-state index in [-0.39, 0.29) is 0 Å². The second-order valence-electron chi connectivity index (χ2n) is 9.15. The first-order chi connectivity index (χ1) is 18.3. The molecule has 1 aliphatic rings. The van der Waals surface area contributed by atoms with Gasteiger partial charge in [0.2, 0.25) is 0 Å². The summed E-state index contributed by atoms with van der Waals surface area (Å²) >= 11 is 1.65. The maximum Gasteiger partial charge on any atom is 0.161 e. The number of nitrogens with zero attached hydrogens (tertiary/aromatic N) is 6. The second-order valence-corrected chi connectivity index (χ2v) is 9.93. The lowest BCUT2D eigenvalue weighted by Gasteiger charge is -2.15. The van der Waals surface area contributed by atoms with Crippen LogP contribution >= 0.6 is 11.3 Å². The highest BCUT2D eigenvalue weighted by molar-refractivity contribution is 7.08. The number of aromatic amines is 2. The molecule has 6 aromatic heterocycles. The van der Waals surface area contributed by atoms with Crippen molar-refractivity contribution in [1.29, 1.82) is 0 Å². The molecule has 0 aromatic carbocycles. The monoisotopic (exact) mass is 508 g/mol. The van der Waals surface area contributed by atoms with Crippen LogP contribution in [0.3, 0.4) is 0 Å². The highest BCUT2D eigenvalue weighted by Gasteiger charge is 2.17. The maximum absolute atomic E-state index is 6.00. The molecule has 7 heterocycles. The van der Waals surface area contributed by atoms with Gasteiger partial charge in [0.1, 0.15) is 23.4 Å². The summed E-state index contributed by atoms with van der Waals surface area (Å²) in [6.45, 7) is 3.91. The van der Waals surface area contributed by atoms with E-state index in [9.17, 15) is 0 Å². The van der Waals surface area contributed by atoms with E-state index in [0.717, 1.165) is 69.8 Å². The molecule has 0 amide bonds. The number of H-pyrrole nitrogens is 2. The van der Waals surface area contributed by atoms with Crippen LogP contribution in [0.1, 0.15) is 12.8 Å². The Morgan fingerprint density at radius 1 is 0.919 bits per heavy atom. The van der Waals surface area contributed by atoms with Crippen molar-refractivity contribution in [2.24, 2.45) is 0 Å². The van der Waals surface area contributed by atoms with Crippen LogP contribution in [0.25, 0.3) is 56.0 Å². The third-order valence-corrected chi connectivity index (χ3v) is 7.43. The van der Waals surface area contributed by atoms with Crippen molar-refractivity contribution in [1.82, 2.24) is 40.0 Å². The van der Waals surface area contributed by atoms with Crippen molar-refractivity contribution >= 4 is 33.4 Å². The summed E-state index contributed by atoms with van der Waals surface area (Å²) in [6, 6.07) is 8.01. The van der Waals surface area contributed by atoms with Gasteiger partial charge >= 0.3 is 0 Å². The van der Waals surface area contributed by atoms with Gasteiger partial charge in [-0.15, -0.1) is 0 Å². The first-order valence-corrected chi connectivity index (χ1v) is 13.3. The molecule has 9 nitrogen and oxygen atoms in total. The third kappa shape index (κ3) is 4.24. The molecule has 0 aliphatic carbocycles. The van der Waals surface area contributed by atoms with Gasteiger partial charge in [0.05, 0.1) is 29.1 Å². The van der Waals surface area contributed by atoms with Gasteiger partial charge in [-0.2, -0.15) is 16.4 Å². The van der Waals surface area contributed by atoms with Gasteiger partial charge in [0.25, 0.3) is 0 Å². The number of rotatable bonds is 7. The fourth-order valence-electron chi connectivity index (χ4n) is 4.84. The predicted molar refractivity (Wildman–Crippen MR) is 144 cm³/mol. The largest absolute Gasteiger partial charge is 0.491 e. The molecular weight excluding hydrogens is 484 g/mol. The van der Waals surface area contributed by atoms with Crippen LogP contribution in [-0.2, 0) is 0 Å². The molecule has 2 N–H and O–H groups in total. The van der Waals surface area contributed by atoms with Crippen molar-refractivity contribution in [2.45, 2.75) is 12.8 Å². The first-order valence-electron chi connectivity index (χ1n) is 12.3. The summed E-state index contributed by atoms with van der Waals surface area (Å²) in [5, 5.41) is 11.8. The zero-order valence-electron chi connectivity index (χ0n) is 20.0. The molecular formula is C27H24N8OS. The number of hydrogen-bond donors (Lipinski definition) is 2. The molecule has 10 heteroatoms. The standard InChI is InChI=1S/C27H24N8OS/c1-2-7-35(6-1)8-9-36-19-11-18(12-28-13-19)21-3-4-22-25(30-21)26(34-33-22)27-31-23-15-29-14-20(24(23)32-27)17-5-10-37-16-17/h3-5,10-16H,1-2,6-9H2,(H,31,32)(H,33,34). The average Bonchev–Trinajstić information content (AvgIpc) is 3.74. The number of thiophene rings is 1. The normalized spacial score (nSPS) is 14.2. The minimum atomic E-state index is 0.646. The third-order valence-electron chi connectivity index (χ3n) is 6.74. The molecule has 0 unspecified atom stereocenters. The van der Waals surface area contributed by atoms with Crippen LogP contribution < -0.4 is 4.74 Å². The van der Waals surface area contributed by atoms with Gasteiger partial charge in [0.15, 0.2) is 11.5 Å². The Bertz CT molecular complexity index is 1680. The minimum absolute atomic E-state index is 0.646. The number of pyridine rings is 3. The zero-order chi connectivity index (χ0) is 24.6. The van der Waals surface area contributed by atoms with Crippen molar-refractivity contribution in [3.63, 3.8) is 0 Å². The van der Waals surface area contributed by atoms with Crippen LogP contribution in [0.5, 0.6) is 5.75 Å². The number of fused-ring (bicyclic) bond motifs is 2. The molecule has 0 spiro atoms. The Hall–Kier alpha value is -4.15. The number of imidazole rings is 1. The van der Waals surface area contributed by atoms with Crippen LogP contribution in [0.4, 0.5) is 0 Å². The predicted octanol–water partition coefficient (Wildman–Crippen LogP) is 5.16. The van der Waals surface area contributed by atoms with E-state index in [2.05, 4.69) is 46.9 Å². The molecule has 37 heavy (non-hydrogen) atoms. The summed E-state index contributed by atoms with van der Waals surface area (Å²) in [7, 11) is 0. The molecule has 0 atom stereocenters. The quantitative estimate of drug-likeness (QED) is 0.307. The van der Waals surface area contributed by atoms with E-state index in [1.165, 1.54) is 12.8 Å². The smallest absolute Gasteiger partial charge is 0.161 e. The summed E-state index contributed by atoms with van der Waals surface area (Å²) in [5.41, 5.74) is 7.72. The molecule has 1 aliphatic heterocycles. The van der Waals surface area contributed by atoms with E-state index >= 15 is 0 Å². The van der Waals surface area contributed by atoms with Gasteiger partial charge in [-0.25, -0.2) is 9.97 Å². The van der Waals surface area contributed by atoms with Crippen LogP contribution in [0, 0.1) is 0 Å². The topological polar surface area (TPSA) is 108 Å². The molecule has 0 radical (unpaired) electrons.